The lowest BCUT2D eigenvalue weighted by atomic mass is 9.78. The van der Waals surface area contributed by atoms with E-state index in [2.05, 4.69) is 76.2 Å². The molecular formula is C26H25BO3. The summed E-state index contributed by atoms with van der Waals surface area (Å²) in [6.45, 7) is 8.30. The first kappa shape index (κ1) is 19.2. The van der Waals surface area contributed by atoms with Crippen LogP contribution in [0.1, 0.15) is 27.7 Å². The van der Waals surface area contributed by atoms with Crippen LogP contribution in [0.3, 0.4) is 0 Å². The molecule has 0 unspecified atom stereocenters. The van der Waals surface area contributed by atoms with E-state index in [1.165, 1.54) is 0 Å². The Balaban J connectivity index is 1.57. The number of rotatable bonds is 3. The molecule has 3 aromatic carbocycles. The number of hydrogen-bond acceptors (Lipinski definition) is 3. The molecule has 0 aliphatic carbocycles. The molecule has 3 nitrogen and oxygen atoms in total. The summed E-state index contributed by atoms with van der Waals surface area (Å²) in [4.78, 5) is 0. The maximum Gasteiger partial charge on any atom is 0.494 e. The summed E-state index contributed by atoms with van der Waals surface area (Å²) in [6, 6.07) is 26.9. The summed E-state index contributed by atoms with van der Waals surface area (Å²) in [5.41, 5.74) is 4.50. The predicted molar refractivity (Wildman–Crippen MR) is 123 cm³/mol. The summed E-state index contributed by atoms with van der Waals surface area (Å²) in [5.74, 6) is 0.889. The van der Waals surface area contributed by atoms with E-state index in [0.717, 1.165) is 38.9 Å². The monoisotopic (exact) mass is 396 g/mol. The molecule has 1 aromatic heterocycles. The smallest absolute Gasteiger partial charge is 0.455 e. The van der Waals surface area contributed by atoms with E-state index in [-0.39, 0.29) is 18.3 Å². The highest BCUT2D eigenvalue weighted by Crippen LogP contribution is 2.41. The molecule has 1 aliphatic rings. The first-order chi connectivity index (χ1) is 14.4. The zero-order valence-electron chi connectivity index (χ0n) is 17.8. The largest absolute Gasteiger partial charge is 0.494 e. The van der Waals surface area contributed by atoms with Crippen molar-refractivity contribution in [2.45, 2.75) is 38.9 Å². The standard InChI is InChI=1S/C26H25BO3/c1-25(2)26(3,4)30-27(29-25)20-16-14-18(15-17-20)23-21-12-8-9-13-22(21)28-24(23)19-10-6-5-7-11-19/h5-17H,1-4H3. The van der Waals surface area contributed by atoms with Crippen molar-refractivity contribution in [3.63, 3.8) is 0 Å². The van der Waals surface area contributed by atoms with Crippen LogP contribution in [-0.4, -0.2) is 18.3 Å². The van der Waals surface area contributed by atoms with Crippen LogP contribution >= 0.6 is 0 Å². The normalized spacial score (nSPS) is 17.5. The van der Waals surface area contributed by atoms with E-state index in [1.54, 1.807) is 0 Å². The second-order valence-electron chi connectivity index (χ2n) is 8.88. The predicted octanol–water partition coefficient (Wildman–Crippen LogP) is 6.07. The Kier molecular flexibility index (Phi) is 4.39. The van der Waals surface area contributed by atoms with Crippen molar-refractivity contribution in [1.82, 2.24) is 0 Å². The quantitative estimate of drug-likeness (QED) is 0.394. The number of furan rings is 1. The first-order valence-electron chi connectivity index (χ1n) is 10.4. The topological polar surface area (TPSA) is 31.6 Å². The summed E-state index contributed by atoms with van der Waals surface area (Å²) >= 11 is 0. The second kappa shape index (κ2) is 6.87. The maximum atomic E-state index is 6.27. The molecule has 0 spiro atoms. The summed E-state index contributed by atoms with van der Waals surface area (Å²) in [7, 11) is -0.362. The van der Waals surface area contributed by atoms with Gasteiger partial charge in [-0.3, -0.25) is 0 Å². The highest BCUT2D eigenvalue weighted by Gasteiger charge is 2.51. The van der Waals surface area contributed by atoms with Crippen molar-refractivity contribution in [2.24, 2.45) is 0 Å². The maximum absolute atomic E-state index is 6.27. The molecule has 1 fully saturated rings. The number of benzene rings is 3. The summed E-state index contributed by atoms with van der Waals surface area (Å²) in [6.07, 6.45) is 0. The third kappa shape index (κ3) is 3.08. The van der Waals surface area contributed by atoms with Gasteiger partial charge in [-0.1, -0.05) is 72.8 Å². The van der Waals surface area contributed by atoms with E-state index < -0.39 is 0 Å². The fourth-order valence-electron chi connectivity index (χ4n) is 3.91. The fraction of sp³-hybridized carbons (Fsp3) is 0.231. The molecule has 0 N–H and O–H groups in total. The van der Waals surface area contributed by atoms with Gasteiger partial charge in [-0.25, -0.2) is 0 Å². The Morgan fingerprint density at radius 1 is 0.633 bits per heavy atom. The molecule has 2 heterocycles. The SMILES string of the molecule is CC1(C)OB(c2ccc(-c3c(-c4ccccc4)oc4ccccc34)cc2)OC1(C)C. The molecule has 1 aliphatic heterocycles. The molecule has 4 aromatic rings. The van der Waals surface area contributed by atoms with Crippen molar-refractivity contribution in [1.29, 1.82) is 0 Å². The molecule has 0 bridgehead atoms. The molecule has 5 rings (SSSR count). The number of hydrogen-bond donors (Lipinski definition) is 0. The second-order valence-corrected chi connectivity index (χ2v) is 8.88. The van der Waals surface area contributed by atoms with E-state index >= 15 is 0 Å². The minimum atomic E-state index is -0.362. The Bertz CT molecular complexity index is 1170. The van der Waals surface area contributed by atoms with Crippen LogP contribution < -0.4 is 5.46 Å². The van der Waals surface area contributed by atoms with Gasteiger partial charge in [0.05, 0.1) is 11.2 Å². The van der Waals surface area contributed by atoms with Gasteiger partial charge in [-0.2, -0.15) is 0 Å². The third-order valence-electron chi connectivity index (χ3n) is 6.36. The summed E-state index contributed by atoms with van der Waals surface area (Å²) in [5, 5.41) is 1.11. The highest BCUT2D eigenvalue weighted by molar-refractivity contribution is 6.62. The average Bonchev–Trinajstić information content (AvgIpc) is 3.23. The molecule has 0 atom stereocenters. The van der Waals surface area contributed by atoms with Crippen LogP contribution in [0.4, 0.5) is 0 Å². The van der Waals surface area contributed by atoms with Gasteiger partial charge in [-0.05, 0) is 44.8 Å². The number of para-hydroxylation sites is 1. The van der Waals surface area contributed by atoms with Crippen LogP contribution in [0.25, 0.3) is 33.4 Å². The highest BCUT2D eigenvalue weighted by atomic mass is 16.7. The van der Waals surface area contributed by atoms with Crippen LogP contribution in [0, 0.1) is 0 Å². The van der Waals surface area contributed by atoms with E-state index in [0.29, 0.717) is 0 Å². The van der Waals surface area contributed by atoms with Gasteiger partial charge in [0.25, 0.3) is 0 Å². The van der Waals surface area contributed by atoms with E-state index in [4.69, 9.17) is 13.7 Å². The average molecular weight is 396 g/mol. The minimum Gasteiger partial charge on any atom is -0.455 e. The van der Waals surface area contributed by atoms with Crippen molar-refractivity contribution in [3.8, 4) is 22.5 Å². The number of fused-ring (bicyclic) bond motifs is 1. The van der Waals surface area contributed by atoms with Crippen LogP contribution in [0.15, 0.2) is 83.3 Å². The van der Waals surface area contributed by atoms with Gasteiger partial charge in [0, 0.05) is 16.5 Å². The first-order valence-corrected chi connectivity index (χ1v) is 10.4. The lowest BCUT2D eigenvalue weighted by molar-refractivity contribution is 0.00578. The molecule has 150 valence electrons. The van der Waals surface area contributed by atoms with Crippen molar-refractivity contribution < 1.29 is 13.7 Å². The van der Waals surface area contributed by atoms with Gasteiger partial charge in [0.15, 0.2) is 0 Å². The van der Waals surface area contributed by atoms with Gasteiger partial charge in [0.2, 0.25) is 0 Å². The zero-order chi connectivity index (χ0) is 20.9. The van der Waals surface area contributed by atoms with Crippen molar-refractivity contribution in [2.75, 3.05) is 0 Å². The lowest BCUT2D eigenvalue weighted by Crippen LogP contribution is -2.41. The molecule has 0 radical (unpaired) electrons. The van der Waals surface area contributed by atoms with Crippen molar-refractivity contribution in [3.05, 3.63) is 78.9 Å². The Labute approximate surface area is 177 Å². The van der Waals surface area contributed by atoms with E-state index in [1.807, 2.05) is 30.3 Å². The fourth-order valence-corrected chi connectivity index (χ4v) is 3.91. The van der Waals surface area contributed by atoms with Crippen LogP contribution in [-0.2, 0) is 9.31 Å². The molecule has 4 heteroatoms. The molecule has 0 amide bonds. The van der Waals surface area contributed by atoms with Crippen molar-refractivity contribution >= 4 is 23.6 Å². The zero-order valence-corrected chi connectivity index (χ0v) is 17.8. The van der Waals surface area contributed by atoms with Gasteiger partial charge < -0.3 is 13.7 Å². The summed E-state index contributed by atoms with van der Waals surface area (Å²) < 4.78 is 18.7. The Hall–Kier alpha value is -2.82. The minimum absolute atomic E-state index is 0.350. The third-order valence-corrected chi connectivity index (χ3v) is 6.36. The Morgan fingerprint density at radius 3 is 1.90 bits per heavy atom. The van der Waals surface area contributed by atoms with Crippen LogP contribution in [0.2, 0.25) is 0 Å². The van der Waals surface area contributed by atoms with Crippen LogP contribution in [0.5, 0.6) is 0 Å². The Morgan fingerprint density at radius 2 is 1.23 bits per heavy atom. The van der Waals surface area contributed by atoms with Gasteiger partial charge in [-0.15, -0.1) is 0 Å². The van der Waals surface area contributed by atoms with Gasteiger partial charge >= 0.3 is 7.12 Å². The molecule has 1 saturated heterocycles. The molecular weight excluding hydrogens is 371 g/mol. The van der Waals surface area contributed by atoms with Gasteiger partial charge in [0.1, 0.15) is 11.3 Å². The van der Waals surface area contributed by atoms with E-state index in [9.17, 15) is 0 Å². The molecule has 30 heavy (non-hydrogen) atoms. The lowest BCUT2D eigenvalue weighted by Gasteiger charge is -2.32. The molecule has 0 saturated carbocycles.